The second-order valence-electron chi connectivity index (χ2n) is 6.82. The Morgan fingerprint density at radius 3 is 2.76 bits per heavy atom. The summed E-state index contributed by atoms with van der Waals surface area (Å²) in [5.41, 5.74) is 1.09. The molecule has 0 aliphatic carbocycles. The number of carbonyl (C=O) groups is 1. The van der Waals surface area contributed by atoms with Crippen LogP contribution in [0.3, 0.4) is 0 Å². The molecule has 3 rings (SSSR count). The van der Waals surface area contributed by atoms with Crippen molar-refractivity contribution in [1.29, 1.82) is 0 Å². The van der Waals surface area contributed by atoms with Gasteiger partial charge in [-0.05, 0) is 30.0 Å². The minimum atomic E-state index is -0.0834. The average Bonchev–Trinajstić information content (AvgIpc) is 3.14. The highest BCUT2D eigenvalue weighted by Crippen LogP contribution is 2.30. The summed E-state index contributed by atoms with van der Waals surface area (Å²) in [7, 11) is 3.77. The Morgan fingerprint density at radius 2 is 2.12 bits per heavy atom. The zero-order valence-corrected chi connectivity index (χ0v) is 15.2. The number of anilines is 1. The first-order valence-corrected chi connectivity index (χ1v) is 8.94. The molecule has 6 heteroatoms. The molecule has 1 aliphatic heterocycles. The number of amides is 1. The third kappa shape index (κ3) is 3.83. The van der Waals surface area contributed by atoms with Gasteiger partial charge in [-0.2, -0.15) is 4.98 Å². The van der Waals surface area contributed by atoms with E-state index in [1.807, 2.05) is 54.2 Å². The van der Waals surface area contributed by atoms with Gasteiger partial charge in [-0.25, -0.2) is 0 Å². The van der Waals surface area contributed by atoms with E-state index in [0.29, 0.717) is 18.4 Å². The predicted molar refractivity (Wildman–Crippen MR) is 96.7 cm³/mol. The predicted octanol–water partition coefficient (Wildman–Crippen LogP) is 3.04. The molecule has 2 heterocycles. The number of hydrogen-bond donors (Lipinski definition) is 0. The van der Waals surface area contributed by atoms with Crippen LogP contribution in [0.5, 0.6) is 0 Å². The lowest BCUT2D eigenvalue weighted by Crippen LogP contribution is -2.41. The summed E-state index contributed by atoms with van der Waals surface area (Å²) < 4.78 is 5.42. The number of rotatable bonds is 5. The van der Waals surface area contributed by atoms with Crippen molar-refractivity contribution in [3.8, 4) is 0 Å². The Labute approximate surface area is 148 Å². The summed E-state index contributed by atoms with van der Waals surface area (Å²) in [5, 5.41) is 4.00. The van der Waals surface area contributed by atoms with Gasteiger partial charge in [0, 0.05) is 27.2 Å². The fourth-order valence-corrected chi connectivity index (χ4v) is 3.41. The summed E-state index contributed by atoms with van der Waals surface area (Å²) in [6.45, 7) is 3.52. The molecule has 0 spiro atoms. The van der Waals surface area contributed by atoms with Gasteiger partial charge >= 0.3 is 0 Å². The number of piperidine rings is 1. The summed E-state index contributed by atoms with van der Waals surface area (Å²) >= 11 is 0. The highest BCUT2D eigenvalue weighted by molar-refractivity contribution is 5.83. The van der Waals surface area contributed by atoms with Gasteiger partial charge in [0.1, 0.15) is 0 Å². The van der Waals surface area contributed by atoms with Gasteiger partial charge in [-0.15, -0.1) is 0 Å². The van der Waals surface area contributed by atoms with Crippen LogP contribution in [0.1, 0.15) is 49.5 Å². The summed E-state index contributed by atoms with van der Waals surface area (Å²) in [4.78, 5) is 21.3. The Hall–Kier alpha value is -2.37. The molecule has 0 radical (unpaired) electrons. The minimum absolute atomic E-state index is 0.0834. The fourth-order valence-electron chi connectivity index (χ4n) is 3.41. The number of carbonyl (C=O) groups excluding carboxylic acids is 1. The summed E-state index contributed by atoms with van der Waals surface area (Å²) in [6.07, 6.45) is 2.73. The molecule has 1 aromatic heterocycles. The van der Waals surface area contributed by atoms with E-state index in [9.17, 15) is 4.79 Å². The van der Waals surface area contributed by atoms with E-state index in [-0.39, 0.29) is 17.7 Å². The lowest BCUT2D eigenvalue weighted by atomic mass is 9.92. The standard InChI is InChI=1S/C19H26N4O2/c1-4-16(14-9-6-5-7-10-14)18(24)23-12-8-11-15(13-23)17-20-19(21-25-17)22(2)3/h5-7,9-10,15-16H,4,8,11-13H2,1-3H3/t15-,16-/m0/s1. The van der Waals surface area contributed by atoms with Crippen LogP contribution in [-0.4, -0.2) is 48.1 Å². The highest BCUT2D eigenvalue weighted by atomic mass is 16.5. The van der Waals surface area contributed by atoms with Gasteiger partial charge in [0.15, 0.2) is 0 Å². The number of benzene rings is 1. The maximum atomic E-state index is 13.1. The van der Waals surface area contributed by atoms with Gasteiger partial charge in [-0.1, -0.05) is 37.3 Å². The maximum absolute atomic E-state index is 13.1. The van der Waals surface area contributed by atoms with Crippen LogP contribution in [0.2, 0.25) is 0 Å². The van der Waals surface area contributed by atoms with Crippen molar-refractivity contribution < 1.29 is 9.32 Å². The first kappa shape index (κ1) is 17.5. The molecule has 1 fully saturated rings. The van der Waals surface area contributed by atoms with Gasteiger partial charge < -0.3 is 14.3 Å². The smallest absolute Gasteiger partial charge is 0.265 e. The van der Waals surface area contributed by atoms with Crippen LogP contribution in [-0.2, 0) is 4.79 Å². The van der Waals surface area contributed by atoms with Crippen molar-refractivity contribution in [2.75, 3.05) is 32.1 Å². The summed E-state index contributed by atoms with van der Waals surface area (Å²) in [6, 6.07) is 10.0. The van der Waals surface area contributed by atoms with Gasteiger partial charge in [0.25, 0.3) is 5.95 Å². The van der Waals surface area contributed by atoms with E-state index >= 15 is 0 Å². The monoisotopic (exact) mass is 342 g/mol. The highest BCUT2D eigenvalue weighted by Gasteiger charge is 2.32. The maximum Gasteiger partial charge on any atom is 0.265 e. The largest absolute Gasteiger partial charge is 0.344 e. The van der Waals surface area contributed by atoms with Crippen molar-refractivity contribution >= 4 is 11.9 Å². The molecule has 25 heavy (non-hydrogen) atoms. The van der Waals surface area contributed by atoms with Gasteiger partial charge in [0.05, 0.1) is 11.8 Å². The Bertz CT molecular complexity index is 698. The molecule has 1 saturated heterocycles. The Kier molecular flexibility index (Phi) is 5.36. The quantitative estimate of drug-likeness (QED) is 0.836. The first-order chi connectivity index (χ1) is 12.1. The minimum Gasteiger partial charge on any atom is -0.344 e. The normalized spacial score (nSPS) is 18.8. The van der Waals surface area contributed by atoms with Crippen LogP contribution < -0.4 is 4.90 Å². The third-order valence-corrected chi connectivity index (χ3v) is 4.82. The molecule has 2 aromatic rings. The molecule has 2 atom stereocenters. The van der Waals surface area contributed by atoms with E-state index in [1.165, 1.54) is 0 Å². The molecule has 134 valence electrons. The van der Waals surface area contributed by atoms with Crippen molar-refractivity contribution in [3.63, 3.8) is 0 Å². The molecule has 0 bridgehead atoms. The number of likely N-dealkylation sites (tertiary alicyclic amines) is 1. The van der Waals surface area contributed by atoms with Crippen LogP contribution in [0.25, 0.3) is 0 Å². The van der Waals surface area contributed by atoms with Crippen molar-refractivity contribution in [3.05, 3.63) is 41.8 Å². The zero-order chi connectivity index (χ0) is 17.8. The molecule has 0 N–H and O–H groups in total. The number of hydrogen-bond acceptors (Lipinski definition) is 5. The topological polar surface area (TPSA) is 62.5 Å². The third-order valence-electron chi connectivity index (χ3n) is 4.82. The molecule has 1 amide bonds. The van der Waals surface area contributed by atoms with E-state index in [4.69, 9.17) is 4.52 Å². The van der Waals surface area contributed by atoms with Crippen LogP contribution in [0.4, 0.5) is 5.95 Å². The second kappa shape index (κ2) is 7.68. The fraction of sp³-hybridized carbons (Fsp3) is 0.526. The SMILES string of the molecule is CC[C@H](C(=O)N1CCC[C@H](c2nc(N(C)C)no2)C1)c1ccccc1. The van der Waals surface area contributed by atoms with E-state index in [0.717, 1.165) is 31.4 Å². The van der Waals surface area contributed by atoms with E-state index in [2.05, 4.69) is 17.1 Å². The second-order valence-corrected chi connectivity index (χ2v) is 6.82. The molecular weight excluding hydrogens is 316 g/mol. The molecule has 1 aliphatic rings. The van der Waals surface area contributed by atoms with E-state index < -0.39 is 0 Å². The Morgan fingerprint density at radius 1 is 1.36 bits per heavy atom. The molecule has 1 aromatic carbocycles. The number of nitrogens with zero attached hydrogens (tertiary/aromatic N) is 4. The van der Waals surface area contributed by atoms with Crippen LogP contribution >= 0.6 is 0 Å². The zero-order valence-electron chi connectivity index (χ0n) is 15.2. The Balaban J connectivity index is 1.72. The van der Waals surface area contributed by atoms with Crippen LogP contribution in [0.15, 0.2) is 34.9 Å². The molecule has 0 unspecified atom stereocenters. The molecule has 6 nitrogen and oxygen atoms in total. The lowest BCUT2D eigenvalue weighted by Gasteiger charge is -2.33. The molecule has 0 saturated carbocycles. The van der Waals surface area contributed by atoms with Gasteiger partial charge in [0.2, 0.25) is 11.8 Å². The molecular formula is C19H26N4O2. The average molecular weight is 342 g/mol. The van der Waals surface area contributed by atoms with E-state index in [1.54, 1.807) is 0 Å². The number of aromatic nitrogens is 2. The lowest BCUT2D eigenvalue weighted by molar-refractivity contribution is -0.134. The van der Waals surface area contributed by atoms with Gasteiger partial charge in [-0.3, -0.25) is 4.79 Å². The first-order valence-electron chi connectivity index (χ1n) is 8.94. The van der Waals surface area contributed by atoms with Crippen molar-refractivity contribution in [2.45, 2.75) is 38.0 Å². The summed E-state index contributed by atoms with van der Waals surface area (Å²) in [5.74, 6) is 1.45. The van der Waals surface area contributed by atoms with Crippen LogP contribution in [0, 0.1) is 0 Å². The van der Waals surface area contributed by atoms with Crippen molar-refractivity contribution in [1.82, 2.24) is 15.0 Å². The van der Waals surface area contributed by atoms with Crippen molar-refractivity contribution in [2.24, 2.45) is 0 Å².